The molecule has 1 heterocycles. The van der Waals surface area contributed by atoms with Crippen LogP contribution in [0.15, 0.2) is 18.3 Å². The number of hydrogen-bond donors (Lipinski definition) is 2. The third kappa shape index (κ3) is 3.03. The summed E-state index contributed by atoms with van der Waals surface area (Å²) in [5.41, 5.74) is 5.58. The summed E-state index contributed by atoms with van der Waals surface area (Å²) in [5, 5.41) is 0. The van der Waals surface area contributed by atoms with Crippen molar-refractivity contribution in [2.24, 2.45) is 11.3 Å². The topological polar surface area (TPSA) is 60.2 Å². The zero-order valence-corrected chi connectivity index (χ0v) is 13.0. The molecule has 4 heteroatoms. The Morgan fingerprint density at radius 3 is 2.85 bits per heavy atom. The molecule has 0 radical (unpaired) electrons. The number of fused-ring (bicyclic) bond motifs is 1. The first-order valence-corrected chi connectivity index (χ1v) is 7.50. The van der Waals surface area contributed by atoms with E-state index in [9.17, 15) is 0 Å². The molecule has 3 atom stereocenters. The minimum atomic E-state index is 0.0323. The van der Waals surface area contributed by atoms with Gasteiger partial charge in [0.15, 0.2) is 0 Å². The van der Waals surface area contributed by atoms with Crippen LogP contribution in [0.2, 0.25) is 0 Å². The fourth-order valence-electron chi connectivity index (χ4n) is 3.28. The molecule has 20 heavy (non-hydrogen) atoms. The van der Waals surface area contributed by atoms with E-state index >= 15 is 0 Å². The molecule has 0 aliphatic heterocycles. The smallest absolute Gasteiger partial charge is 0.0796 e. The molecular formula is C16H27N3O. The zero-order valence-electron chi connectivity index (χ0n) is 13.0. The molecule has 112 valence electrons. The molecule has 0 bridgehead atoms. The quantitative estimate of drug-likeness (QED) is 0.641. The molecule has 1 aliphatic rings. The Balaban J connectivity index is 2.28. The van der Waals surface area contributed by atoms with Crippen LogP contribution in [0.25, 0.3) is 0 Å². The van der Waals surface area contributed by atoms with Gasteiger partial charge in [-0.1, -0.05) is 26.8 Å². The second-order valence-electron chi connectivity index (χ2n) is 6.63. The molecule has 0 aromatic carbocycles. The largest absolute Gasteiger partial charge is 0.376 e. The summed E-state index contributed by atoms with van der Waals surface area (Å²) in [6, 6.07) is 4.27. The van der Waals surface area contributed by atoms with E-state index in [-0.39, 0.29) is 17.6 Å². The number of nitrogens with zero attached hydrogens (tertiary/aromatic N) is 1. The van der Waals surface area contributed by atoms with Gasteiger partial charge in [-0.15, -0.1) is 0 Å². The van der Waals surface area contributed by atoms with E-state index in [1.165, 1.54) is 11.3 Å². The van der Waals surface area contributed by atoms with Crippen molar-refractivity contribution in [3.8, 4) is 0 Å². The summed E-state index contributed by atoms with van der Waals surface area (Å²) in [6.45, 7) is 9.33. The first-order valence-electron chi connectivity index (χ1n) is 7.50. The Kier molecular flexibility index (Phi) is 4.78. The summed E-state index contributed by atoms with van der Waals surface area (Å²) in [5.74, 6) is 6.21. The Hall–Kier alpha value is -0.970. The van der Waals surface area contributed by atoms with Crippen molar-refractivity contribution < 1.29 is 4.74 Å². The van der Waals surface area contributed by atoms with E-state index in [1.807, 2.05) is 19.2 Å². The van der Waals surface area contributed by atoms with Gasteiger partial charge < -0.3 is 4.74 Å². The highest BCUT2D eigenvalue weighted by molar-refractivity contribution is 5.30. The van der Waals surface area contributed by atoms with Crippen molar-refractivity contribution in [1.82, 2.24) is 10.4 Å². The minimum absolute atomic E-state index is 0.0323. The van der Waals surface area contributed by atoms with Crippen LogP contribution in [0.5, 0.6) is 0 Å². The van der Waals surface area contributed by atoms with Gasteiger partial charge in [0.25, 0.3) is 0 Å². The number of hydrazine groups is 1. The average molecular weight is 277 g/mol. The third-order valence-corrected chi connectivity index (χ3v) is 4.15. The summed E-state index contributed by atoms with van der Waals surface area (Å²) in [7, 11) is 0. The lowest BCUT2D eigenvalue weighted by Crippen LogP contribution is -2.53. The van der Waals surface area contributed by atoms with Crippen molar-refractivity contribution in [1.29, 1.82) is 0 Å². The number of ether oxygens (including phenoxy) is 1. The maximum atomic E-state index is 6.02. The monoisotopic (exact) mass is 277 g/mol. The molecular weight excluding hydrogens is 250 g/mol. The lowest BCUT2D eigenvalue weighted by atomic mass is 9.79. The standard InChI is InChI=1S/C16H27N3O/c1-5-20-15(16(2,3)4)14(19-17)12-9-8-11-7-6-10-18-13(11)12/h6-7,10,12,14-15,19H,5,8-9,17H2,1-4H3. The summed E-state index contributed by atoms with van der Waals surface area (Å²) in [6.07, 6.45) is 4.10. The average Bonchev–Trinajstić information content (AvgIpc) is 2.82. The van der Waals surface area contributed by atoms with Crippen LogP contribution in [0.1, 0.15) is 51.3 Å². The van der Waals surface area contributed by atoms with E-state index in [0.717, 1.165) is 12.8 Å². The third-order valence-electron chi connectivity index (χ3n) is 4.15. The van der Waals surface area contributed by atoms with Gasteiger partial charge in [0, 0.05) is 24.4 Å². The zero-order chi connectivity index (χ0) is 14.8. The van der Waals surface area contributed by atoms with E-state index in [1.54, 1.807) is 0 Å². The maximum Gasteiger partial charge on any atom is 0.0796 e. The van der Waals surface area contributed by atoms with E-state index in [4.69, 9.17) is 10.6 Å². The van der Waals surface area contributed by atoms with Crippen LogP contribution in [-0.4, -0.2) is 23.7 Å². The van der Waals surface area contributed by atoms with Gasteiger partial charge in [-0.3, -0.25) is 16.3 Å². The van der Waals surface area contributed by atoms with Gasteiger partial charge in [-0.25, -0.2) is 0 Å². The van der Waals surface area contributed by atoms with Gasteiger partial charge in [0.1, 0.15) is 0 Å². The summed E-state index contributed by atoms with van der Waals surface area (Å²) >= 11 is 0. The van der Waals surface area contributed by atoms with Crippen molar-refractivity contribution >= 4 is 0 Å². The highest BCUT2D eigenvalue weighted by atomic mass is 16.5. The lowest BCUT2D eigenvalue weighted by molar-refractivity contribution is -0.0418. The van der Waals surface area contributed by atoms with E-state index in [2.05, 4.69) is 37.2 Å². The van der Waals surface area contributed by atoms with Crippen LogP contribution in [0, 0.1) is 5.41 Å². The number of hydrogen-bond acceptors (Lipinski definition) is 4. The molecule has 1 aromatic rings. The molecule has 0 saturated carbocycles. The normalized spacial score (nSPS) is 21.6. The molecule has 2 rings (SSSR count). The highest BCUT2D eigenvalue weighted by Crippen LogP contribution is 2.38. The van der Waals surface area contributed by atoms with Gasteiger partial charge in [-0.05, 0) is 36.8 Å². The molecule has 0 spiro atoms. The van der Waals surface area contributed by atoms with Gasteiger partial charge >= 0.3 is 0 Å². The van der Waals surface area contributed by atoms with Crippen molar-refractivity contribution in [2.45, 2.75) is 58.6 Å². The Labute approximate surface area is 122 Å². The van der Waals surface area contributed by atoms with Crippen molar-refractivity contribution in [2.75, 3.05) is 6.61 Å². The van der Waals surface area contributed by atoms with Crippen LogP contribution in [0.4, 0.5) is 0 Å². The first-order chi connectivity index (χ1) is 9.49. The van der Waals surface area contributed by atoms with Crippen molar-refractivity contribution in [3.05, 3.63) is 29.6 Å². The molecule has 3 unspecified atom stereocenters. The molecule has 4 nitrogen and oxygen atoms in total. The summed E-state index contributed by atoms with van der Waals surface area (Å²) < 4.78 is 6.02. The van der Waals surface area contributed by atoms with E-state index in [0.29, 0.717) is 12.5 Å². The van der Waals surface area contributed by atoms with Gasteiger partial charge in [-0.2, -0.15) is 0 Å². The number of rotatable bonds is 5. The van der Waals surface area contributed by atoms with Gasteiger partial charge in [0.05, 0.1) is 12.1 Å². The molecule has 0 fully saturated rings. The predicted octanol–water partition coefficient (Wildman–Crippen LogP) is 2.39. The molecule has 0 saturated heterocycles. The summed E-state index contributed by atoms with van der Waals surface area (Å²) in [4.78, 5) is 4.58. The van der Waals surface area contributed by atoms with Crippen LogP contribution >= 0.6 is 0 Å². The number of aryl methyl sites for hydroxylation is 1. The molecule has 1 aromatic heterocycles. The Morgan fingerprint density at radius 2 is 2.25 bits per heavy atom. The molecule has 1 aliphatic carbocycles. The lowest BCUT2D eigenvalue weighted by Gasteiger charge is -2.39. The minimum Gasteiger partial charge on any atom is -0.376 e. The van der Waals surface area contributed by atoms with Crippen LogP contribution in [0.3, 0.4) is 0 Å². The second kappa shape index (κ2) is 6.20. The van der Waals surface area contributed by atoms with E-state index < -0.39 is 0 Å². The number of aromatic nitrogens is 1. The predicted molar refractivity (Wildman–Crippen MR) is 81.3 cm³/mol. The maximum absolute atomic E-state index is 6.02. The fourth-order valence-corrected chi connectivity index (χ4v) is 3.28. The van der Waals surface area contributed by atoms with Crippen molar-refractivity contribution in [3.63, 3.8) is 0 Å². The number of nitrogens with one attached hydrogen (secondary N) is 1. The fraction of sp³-hybridized carbons (Fsp3) is 0.688. The number of pyridine rings is 1. The first kappa shape index (κ1) is 15.4. The van der Waals surface area contributed by atoms with Gasteiger partial charge in [0.2, 0.25) is 0 Å². The highest BCUT2D eigenvalue weighted by Gasteiger charge is 2.40. The molecule has 3 N–H and O–H groups in total. The SMILES string of the molecule is CCOC(C(NN)C1CCc2cccnc21)C(C)(C)C. The Morgan fingerprint density at radius 1 is 1.50 bits per heavy atom. The number of nitrogens with two attached hydrogens (primary N) is 1. The Bertz CT molecular complexity index is 442. The second-order valence-corrected chi connectivity index (χ2v) is 6.63. The van der Waals surface area contributed by atoms with Crippen LogP contribution in [-0.2, 0) is 11.2 Å². The molecule has 0 amide bonds. The van der Waals surface area contributed by atoms with Crippen LogP contribution < -0.4 is 11.3 Å².